The molecular formula is C20H39NO3. The van der Waals surface area contributed by atoms with Gasteiger partial charge in [-0.15, -0.1) is 0 Å². The molecule has 0 saturated carbocycles. The van der Waals surface area contributed by atoms with E-state index in [-0.39, 0.29) is 12.5 Å². The SMILES string of the molecule is CCCC/C=C/C(O)C(CO)NC(=O)CCCCCCCCCC. The van der Waals surface area contributed by atoms with E-state index in [9.17, 15) is 15.0 Å². The molecule has 0 radical (unpaired) electrons. The highest BCUT2D eigenvalue weighted by molar-refractivity contribution is 5.76. The maximum absolute atomic E-state index is 11.9. The minimum Gasteiger partial charge on any atom is -0.394 e. The van der Waals surface area contributed by atoms with Gasteiger partial charge in [0.1, 0.15) is 0 Å². The fourth-order valence-corrected chi connectivity index (χ4v) is 2.63. The number of hydrogen-bond donors (Lipinski definition) is 3. The van der Waals surface area contributed by atoms with Crippen LogP contribution >= 0.6 is 0 Å². The lowest BCUT2D eigenvalue weighted by atomic mass is 10.1. The predicted octanol–water partition coefficient (Wildman–Crippen LogP) is 4.10. The number of aliphatic hydroxyl groups is 2. The minimum atomic E-state index is -0.825. The van der Waals surface area contributed by atoms with Crippen molar-refractivity contribution in [2.24, 2.45) is 0 Å². The third-order valence-electron chi connectivity index (χ3n) is 4.27. The van der Waals surface area contributed by atoms with Crippen LogP contribution in [0.3, 0.4) is 0 Å². The van der Waals surface area contributed by atoms with Gasteiger partial charge in [0.05, 0.1) is 18.8 Å². The summed E-state index contributed by atoms with van der Waals surface area (Å²) in [5, 5.41) is 22.1. The van der Waals surface area contributed by atoms with E-state index in [0.717, 1.165) is 32.1 Å². The molecule has 0 heterocycles. The fraction of sp³-hybridized carbons (Fsp3) is 0.850. The third kappa shape index (κ3) is 13.6. The van der Waals surface area contributed by atoms with E-state index in [1.807, 2.05) is 6.08 Å². The molecule has 0 bridgehead atoms. The zero-order chi connectivity index (χ0) is 18.0. The molecule has 2 atom stereocenters. The Morgan fingerprint density at radius 3 is 2.12 bits per heavy atom. The average Bonchev–Trinajstić information content (AvgIpc) is 2.58. The van der Waals surface area contributed by atoms with Gasteiger partial charge in [-0.3, -0.25) is 4.79 Å². The molecular weight excluding hydrogens is 302 g/mol. The Balaban J connectivity index is 3.79. The highest BCUT2D eigenvalue weighted by Crippen LogP contribution is 2.09. The second kappa shape index (κ2) is 17.0. The van der Waals surface area contributed by atoms with Crippen molar-refractivity contribution in [2.45, 2.75) is 103 Å². The van der Waals surface area contributed by atoms with Gasteiger partial charge in [0.15, 0.2) is 0 Å². The summed E-state index contributed by atoms with van der Waals surface area (Å²) >= 11 is 0. The van der Waals surface area contributed by atoms with Crippen LogP contribution in [0.1, 0.15) is 90.9 Å². The molecule has 0 aromatic rings. The maximum Gasteiger partial charge on any atom is 0.220 e. The van der Waals surface area contributed by atoms with Crippen molar-refractivity contribution in [1.82, 2.24) is 5.32 Å². The van der Waals surface area contributed by atoms with Gasteiger partial charge in [-0.2, -0.15) is 0 Å². The Labute approximate surface area is 148 Å². The molecule has 142 valence electrons. The lowest BCUT2D eigenvalue weighted by molar-refractivity contribution is -0.123. The summed E-state index contributed by atoms with van der Waals surface area (Å²) in [5.74, 6) is -0.0824. The number of hydrogen-bond acceptors (Lipinski definition) is 3. The van der Waals surface area contributed by atoms with Crippen LogP contribution in [-0.2, 0) is 4.79 Å². The Bertz CT molecular complexity index is 318. The number of amides is 1. The van der Waals surface area contributed by atoms with Crippen LogP contribution in [0.4, 0.5) is 0 Å². The molecule has 0 aliphatic rings. The molecule has 0 spiro atoms. The zero-order valence-corrected chi connectivity index (χ0v) is 15.8. The summed E-state index contributed by atoms with van der Waals surface area (Å²) in [7, 11) is 0. The number of rotatable bonds is 16. The molecule has 0 saturated heterocycles. The first-order valence-corrected chi connectivity index (χ1v) is 9.90. The molecule has 0 aromatic heterocycles. The monoisotopic (exact) mass is 341 g/mol. The summed E-state index contributed by atoms with van der Waals surface area (Å²) in [4.78, 5) is 11.9. The van der Waals surface area contributed by atoms with Crippen LogP contribution in [0.15, 0.2) is 12.2 Å². The van der Waals surface area contributed by atoms with E-state index in [4.69, 9.17) is 0 Å². The molecule has 0 aromatic carbocycles. The molecule has 0 aliphatic heterocycles. The van der Waals surface area contributed by atoms with Crippen molar-refractivity contribution < 1.29 is 15.0 Å². The van der Waals surface area contributed by atoms with Crippen LogP contribution in [-0.4, -0.2) is 34.9 Å². The van der Waals surface area contributed by atoms with E-state index in [2.05, 4.69) is 19.2 Å². The van der Waals surface area contributed by atoms with E-state index in [0.29, 0.717) is 6.42 Å². The maximum atomic E-state index is 11.9. The van der Waals surface area contributed by atoms with E-state index < -0.39 is 12.1 Å². The lowest BCUT2D eigenvalue weighted by Crippen LogP contribution is -2.45. The summed E-state index contributed by atoms with van der Waals surface area (Å²) < 4.78 is 0. The fourth-order valence-electron chi connectivity index (χ4n) is 2.63. The van der Waals surface area contributed by atoms with Gasteiger partial charge in [0.2, 0.25) is 5.91 Å². The van der Waals surface area contributed by atoms with Crippen LogP contribution in [0.2, 0.25) is 0 Å². The van der Waals surface area contributed by atoms with Gasteiger partial charge < -0.3 is 15.5 Å². The second-order valence-corrected chi connectivity index (χ2v) is 6.64. The van der Waals surface area contributed by atoms with Gasteiger partial charge >= 0.3 is 0 Å². The van der Waals surface area contributed by atoms with Crippen molar-refractivity contribution >= 4 is 5.91 Å². The Kier molecular flexibility index (Phi) is 16.4. The number of aliphatic hydroxyl groups excluding tert-OH is 2. The third-order valence-corrected chi connectivity index (χ3v) is 4.27. The van der Waals surface area contributed by atoms with E-state index in [1.54, 1.807) is 6.08 Å². The predicted molar refractivity (Wildman–Crippen MR) is 101 cm³/mol. The molecule has 3 N–H and O–H groups in total. The smallest absolute Gasteiger partial charge is 0.220 e. The number of carbonyl (C=O) groups is 1. The van der Waals surface area contributed by atoms with Crippen molar-refractivity contribution in [3.63, 3.8) is 0 Å². The van der Waals surface area contributed by atoms with Gasteiger partial charge in [-0.05, 0) is 12.8 Å². The Morgan fingerprint density at radius 2 is 1.54 bits per heavy atom. The Hall–Kier alpha value is -0.870. The normalized spacial score (nSPS) is 14.0. The highest BCUT2D eigenvalue weighted by atomic mass is 16.3. The van der Waals surface area contributed by atoms with Crippen molar-refractivity contribution in [3.05, 3.63) is 12.2 Å². The molecule has 4 heteroatoms. The number of nitrogens with one attached hydrogen (secondary N) is 1. The summed E-state index contributed by atoms with van der Waals surface area (Å²) in [6.07, 6.45) is 15.9. The topological polar surface area (TPSA) is 69.6 Å². The second-order valence-electron chi connectivity index (χ2n) is 6.64. The molecule has 2 unspecified atom stereocenters. The van der Waals surface area contributed by atoms with Crippen molar-refractivity contribution in [3.8, 4) is 0 Å². The van der Waals surface area contributed by atoms with Crippen molar-refractivity contribution in [2.75, 3.05) is 6.61 Å². The quantitative estimate of drug-likeness (QED) is 0.292. The van der Waals surface area contributed by atoms with Crippen LogP contribution in [0.5, 0.6) is 0 Å². The molecule has 0 rings (SSSR count). The largest absolute Gasteiger partial charge is 0.394 e. The summed E-state index contributed by atoms with van der Waals surface area (Å²) in [5.41, 5.74) is 0. The first-order valence-electron chi connectivity index (χ1n) is 9.90. The number of allylic oxidation sites excluding steroid dienone is 1. The zero-order valence-electron chi connectivity index (χ0n) is 15.8. The van der Waals surface area contributed by atoms with Gasteiger partial charge in [-0.25, -0.2) is 0 Å². The first-order chi connectivity index (χ1) is 11.7. The molecule has 4 nitrogen and oxygen atoms in total. The number of unbranched alkanes of at least 4 members (excludes halogenated alkanes) is 9. The van der Waals surface area contributed by atoms with Gasteiger partial charge in [0, 0.05) is 6.42 Å². The molecule has 1 amide bonds. The van der Waals surface area contributed by atoms with E-state index >= 15 is 0 Å². The minimum absolute atomic E-state index is 0.0824. The summed E-state index contributed by atoms with van der Waals surface area (Å²) in [6.45, 7) is 4.09. The lowest BCUT2D eigenvalue weighted by Gasteiger charge is -2.19. The van der Waals surface area contributed by atoms with Crippen molar-refractivity contribution in [1.29, 1.82) is 0 Å². The molecule has 0 aliphatic carbocycles. The standard InChI is InChI=1S/C20H39NO3/c1-3-5-7-9-10-11-12-14-16-20(24)21-18(17-22)19(23)15-13-8-6-4-2/h13,15,18-19,22-23H,3-12,14,16-17H2,1-2H3,(H,21,24)/b15-13+. The Morgan fingerprint density at radius 1 is 0.958 bits per heavy atom. The molecule has 0 fully saturated rings. The van der Waals surface area contributed by atoms with Crippen LogP contribution in [0.25, 0.3) is 0 Å². The highest BCUT2D eigenvalue weighted by Gasteiger charge is 2.17. The van der Waals surface area contributed by atoms with Crippen LogP contribution < -0.4 is 5.32 Å². The first kappa shape index (κ1) is 23.1. The number of carbonyl (C=O) groups excluding carboxylic acids is 1. The van der Waals surface area contributed by atoms with Gasteiger partial charge in [-0.1, -0.05) is 83.8 Å². The summed E-state index contributed by atoms with van der Waals surface area (Å²) in [6, 6.07) is -0.607. The van der Waals surface area contributed by atoms with E-state index in [1.165, 1.54) is 38.5 Å². The van der Waals surface area contributed by atoms with Gasteiger partial charge in [0.25, 0.3) is 0 Å². The van der Waals surface area contributed by atoms with Crippen LogP contribution in [0, 0.1) is 0 Å². The average molecular weight is 342 g/mol. The molecule has 24 heavy (non-hydrogen) atoms.